The average Bonchev–Trinajstić information content (AvgIpc) is 3.07. The molecular formula is C26H29N3O4. The van der Waals surface area contributed by atoms with Gasteiger partial charge in [0.05, 0.1) is 13.2 Å². The van der Waals surface area contributed by atoms with Gasteiger partial charge in [0.15, 0.2) is 5.78 Å². The lowest BCUT2D eigenvalue weighted by molar-refractivity contribution is -0.137. The van der Waals surface area contributed by atoms with Crippen molar-refractivity contribution < 1.29 is 19.4 Å². The van der Waals surface area contributed by atoms with Gasteiger partial charge in [-0.15, -0.1) is 0 Å². The van der Waals surface area contributed by atoms with Crippen molar-refractivity contribution in [3.05, 3.63) is 70.8 Å². The second-order valence-electron chi connectivity index (χ2n) is 8.38. The summed E-state index contributed by atoms with van der Waals surface area (Å²) in [5.41, 5.74) is 3.60. The summed E-state index contributed by atoms with van der Waals surface area (Å²) < 4.78 is 7.69. The molecular weight excluding hydrogens is 418 g/mol. The van der Waals surface area contributed by atoms with Gasteiger partial charge < -0.3 is 14.4 Å². The van der Waals surface area contributed by atoms with Crippen LogP contribution in [0, 0.1) is 12.5 Å². The Kier molecular flexibility index (Phi) is 8.34. The fourth-order valence-electron chi connectivity index (χ4n) is 4.06. The lowest BCUT2D eigenvalue weighted by Crippen LogP contribution is -2.12. The summed E-state index contributed by atoms with van der Waals surface area (Å²) in [5, 5.41) is 9.72. The van der Waals surface area contributed by atoms with E-state index in [0.717, 1.165) is 24.1 Å². The minimum Gasteiger partial charge on any atom is -0.481 e. The highest BCUT2D eigenvalue weighted by Gasteiger charge is 2.24. The number of rotatable bonds is 12. The molecule has 33 heavy (non-hydrogen) atoms. The third-order valence-electron chi connectivity index (χ3n) is 5.66. The quantitative estimate of drug-likeness (QED) is 0.230. The Morgan fingerprint density at radius 1 is 1.21 bits per heavy atom. The molecule has 0 amide bonds. The van der Waals surface area contributed by atoms with Gasteiger partial charge in [-0.25, -0.2) is 9.83 Å². The van der Waals surface area contributed by atoms with Crippen molar-refractivity contribution >= 4 is 28.5 Å². The van der Waals surface area contributed by atoms with Gasteiger partial charge in [-0.05, 0) is 36.8 Å². The molecule has 0 radical (unpaired) electrons. The van der Waals surface area contributed by atoms with Gasteiger partial charge in [-0.2, -0.15) is 0 Å². The number of aliphatic carboxylic acids is 1. The molecule has 0 aliphatic rings. The Balaban J connectivity index is 1.73. The molecule has 0 fully saturated rings. The zero-order valence-corrected chi connectivity index (χ0v) is 19.1. The summed E-state index contributed by atoms with van der Waals surface area (Å²) in [6.45, 7) is 10.3. The van der Waals surface area contributed by atoms with E-state index >= 15 is 0 Å². The lowest BCUT2D eigenvalue weighted by Gasteiger charge is -2.11. The molecule has 2 heterocycles. The number of aryl methyl sites for hydroxylation is 1. The van der Waals surface area contributed by atoms with Crippen LogP contribution in [-0.4, -0.2) is 33.0 Å². The van der Waals surface area contributed by atoms with Gasteiger partial charge in [0, 0.05) is 49.3 Å². The van der Waals surface area contributed by atoms with Crippen molar-refractivity contribution in [2.45, 2.75) is 45.6 Å². The second kappa shape index (κ2) is 11.4. The van der Waals surface area contributed by atoms with Crippen molar-refractivity contribution in [2.24, 2.45) is 13.0 Å². The monoisotopic (exact) mass is 447 g/mol. The summed E-state index contributed by atoms with van der Waals surface area (Å²) in [7, 11) is 1.88. The molecule has 0 spiro atoms. The fraction of sp³-hybridized carbons (Fsp3) is 0.385. The summed E-state index contributed by atoms with van der Waals surface area (Å²) >= 11 is 0. The molecule has 0 saturated carbocycles. The highest BCUT2D eigenvalue weighted by Crippen LogP contribution is 2.30. The first-order chi connectivity index (χ1) is 15.9. The largest absolute Gasteiger partial charge is 0.481 e. The molecule has 0 aliphatic carbocycles. The standard InChI is InChI=1S/C26H29N3O4/c1-18(14-24(31)32)13-23(30)25-21-15-20(27-2)16-28-26(21)29(3)22(25)11-7-8-12-33-17-19-9-5-4-6-10-19/h4-6,9-10,15-16,18H,7-8,11-14,17H2,1,3H3,(H,31,32)/t18-/m1/s1. The number of fused-ring (bicyclic) bond motifs is 1. The molecule has 7 nitrogen and oxygen atoms in total. The van der Waals surface area contributed by atoms with Crippen LogP contribution < -0.4 is 0 Å². The molecule has 172 valence electrons. The van der Waals surface area contributed by atoms with E-state index in [4.69, 9.17) is 16.4 Å². The SMILES string of the molecule is [C-]#[N+]c1cnc2c(c1)c(C(=O)C[C@@H](C)CC(=O)O)c(CCCCOCc1ccccc1)n2C. The van der Waals surface area contributed by atoms with Crippen molar-refractivity contribution in [2.75, 3.05) is 6.61 Å². The number of unbranched alkanes of at least 4 members (excludes halogenated alkanes) is 1. The van der Waals surface area contributed by atoms with Gasteiger partial charge in [-0.1, -0.05) is 37.3 Å². The van der Waals surface area contributed by atoms with Crippen LogP contribution in [0.1, 0.15) is 54.2 Å². The van der Waals surface area contributed by atoms with Gasteiger partial charge in [0.2, 0.25) is 5.69 Å². The molecule has 7 heteroatoms. The third-order valence-corrected chi connectivity index (χ3v) is 5.66. The summed E-state index contributed by atoms with van der Waals surface area (Å²) in [4.78, 5) is 32.1. The summed E-state index contributed by atoms with van der Waals surface area (Å²) in [6, 6.07) is 11.7. The Hall–Kier alpha value is -3.50. The number of hydrogen-bond donors (Lipinski definition) is 1. The number of ketones is 1. The van der Waals surface area contributed by atoms with E-state index in [9.17, 15) is 9.59 Å². The predicted molar refractivity (Wildman–Crippen MR) is 126 cm³/mol. The molecule has 2 aromatic heterocycles. The van der Waals surface area contributed by atoms with E-state index in [-0.39, 0.29) is 24.5 Å². The minimum absolute atomic E-state index is 0.0594. The van der Waals surface area contributed by atoms with Crippen LogP contribution in [0.5, 0.6) is 0 Å². The maximum absolute atomic E-state index is 13.2. The van der Waals surface area contributed by atoms with Gasteiger partial charge in [0.1, 0.15) is 5.65 Å². The van der Waals surface area contributed by atoms with E-state index in [1.165, 1.54) is 6.20 Å². The number of carboxylic acid groups (broad SMARTS) is 1. The molecule has 0 unspecified atom stereocenters. The van der Waals surface area contributed by atoms with Crippen molar-refractivity contribution in [1.82, 2.24) is 9.55 Å². The zero-order valence-electron chi connectivity index (χ0n) is 19.1. The van der Waals surface area contributed by atoms with E-state index in [1.807, 2.05) is 41.9 Å². The number of benzene rings is 1. The molecule has 1 N–H and O–H groups in total. The minimum atomic E-state index is -0.916. The van der Waals surface area contributed by atoms with Crippen LogP contribution in [0.3, 0.4) is 0 Å². The van der Waals surface area contributed by atoms with Crippen LogP contribution in [0.15, 0.2) is 42.6 Å². The van der Waals surface area contributed by atoms with Crippen LogP contribution in [0.2, 0.25) is 0 Å². The highest BCUT2D eigenvalue weighted by atomic mass is 16.5. The Morgan fingerprint density at radius 2 is 1.97 bits per heavy atom. The fourth-order valence-corrected chi connectivity index (χ4v) is 4.06. The first-order valence-electron chi connectivity index (χ1n) is 11.1. The topological polar surface area (TPSA) is 85.8 Å². The maximum Gasteiger partial charge on any atom is 0.303 e. The first-order valence-corrected chi connectivity index (χ1v) is 11.1. The molecule has 0 aliphatic heterocycles. The van der Waals surface area contributed by atoms with Crippen molar-refractivity contribution in [1.29, 1.82) is 0 Å². The molecule has 3 rings (SSSR count). The first kappa shape index (κ1) is 24.1. The van der Waals surface area contributed by atoms with E-state index in [1.54, 1.807) is 13.0 Å². The van der Waals surface area contributed by atoms with Crippen LogP contribution in [0.25, 0.3) is 15.9 Å². The summed E-state index contributed by atoms with van der Waals surface area (Å²) in [5.74, 6) is -1.30. The van der Waals surface area contributed by atoms with E-state index < -0.39 is 5.97 Å². The number of aromatic nitrogens is 2. The summed E-state index contributed by atoms with van der Waals surface area (Å²) in [6.07, 6.45) is 3.94. The van der Waals surface area contributed by atoms with Crippen molar-refractivity contribution in [3.8, 4) is 0 Å². The maximum atomic E-state index is 13.2. The predicted octanol–water partition coefficient (Wildman–Crippen LogP) is 5.35. The van der Waals surface area contributed by atoms with Crippen molar-refractivity contribution in [3.63, 3.8) is 0 Å². The molecule has 1 atom stereocenters. The van der Waals surface area contributed by atoms with Crippen LogP contribution in [0.4, 0.5) is 5.69 Å². The number of ether oxygens (including phenoxy) is 1. The molecule has 0 bridgehead atoms. The van der Waals surface area contributed by atoms with Crippen LogP contribution in [-0.2, 0) is 29.6 Å². The smallest absolute Gasteiger partial charge is 0.303 e. The third kappa shape index (κ3) is 6.27. The Bertz CT molecular complexity index is 1160. The Labute approximate surface area is 193 Å². The van der Waals surface area contributed by atoms with Crippen LogP contribution >= 0.6 is 0 Å². The van der Waals surface area contributed by atoms with Gasteiger partial charge in [0.25, 0.3) is 0 Å². The number of pyridine rings is 1. The number of Topliss-reactive ketones (excluding diaryl/α,β-unsaturated/α-hetero) is 1. The Morgan fingerprint density at radius 3 is 2.67 bits per heavy atom. The number of hydrogen-bond acceptors (Lipinski definition) is 4. The van der Waals surface area contributed by atoms with Gasteiger partial charge >= 0.3 is 5.97 Å². The molecule has 0 saturated heterocycles. The number of carboxylic acids is 1. The number of nitrogens with zero attached hydrogens (tertiary/aromatic N) is 3. The second-order valence-corrected chi connectivity index (χ2v) is 8.38. The lowest BCUT2D eigenvalue weighted by atomic mass is 9.94. The average molecular weight is 448 g/mol. The number of carbonyl (C=O) groups is 2. The normalized spacial score (nSPS) is 11.9. The molecule has 3 aromatic rings. The van der Waals surface area contributed by atoms with Gasteiger partial charge in [-0.3, -0.25) is 9.59 Å². The number of carbonyl (C=O) groups excluding carboxylic acids is 1. The zero-order chi connectivity index (χ0) is 23.8. The highest BCUT2D eigenvalue weighted by molar-refractivity contribution is 6.09. The molecule has 1 aromatic carbocycles. The van der Waals surface area contributed by atoms with E-state index in [2.05, 4.69) is 9.83 Å². The van der Waals surface area contributed by atoms with E-state index in [0.29, 0.717) is 41.9 Å².